The molecule has 1 atom stereocenters. The molecule has 1 unspecified atom stereocenters. The fourth-order valence-electron chi connectivity index (χ4n) is 6.04. The molecule has 0 fully saturated rings. The van der Waals surface area contributed by atoms with Gasteiger partial charge in [0.25, 0.3) is 5.01 Å². The van der Waals surface area contributed by atoms with Crippen LogP contribution in [0.25, 0.3) is 16.3 Å². The molecule has 1 aromatic heterocycles. The maximum Gasteiger partial charge on any atom is 0.262 e. The molecular formula is C37H34N3S2+. The summed E-state index contributed by atoms with van der Waals surface area (Å²) in [6.45, 7) is 0. The van der Waals surface area contributed by atoms with Gasteiger partial charge in [0, 0.05) is 35.5 Å². The highest BCUT2D eigenvalue weighted by molar-refractivity contribution is 8.00. The minimum Gasteiger partial charge on any atom is -0.361 e. The van der Waals surface area contributed by atoms with E-state index in [1.165, 1.54) is 54.0 Å². The van der Waals surface area contributed by atoms with Gasteiger partial charge < -0.3 is 9.80 Å². The van der Waals surface area contributed by atoms with E-state index < -0.39 is 0 Å². The number of benzene rings is 4. The summed E-state index contributed by atoms with van der Waals surface area (Å²) in [6, 6.07) is 39.0. The van der Waals surface area contributed by atoms with Crippen molar-refractivity contribution < 1.29 is 4.57 Å². The summed E-state index contributed by atoms with van der Waals surface area (Å²) < 4.78 is 3.62. The number of anilines is 3. The molecule has 7 rings (SSSR count). The van der Waals surface area contributed by atoms with Crippen molar-refractivity contribution in [3.8, 4) is 0 Å². The normalized spacial score (nSPS) is 17.6. The summed E-state index contributed by atoms with van der Waals surface area (Å²) in [6.07, 6.45) is 10.2. The van der Waals surface area contributed by atoms with E-state index in [-0.39, 0.29) is 0 Å². The molecule has 0 N–H and O–H groups in total. The number of aryl methyl sites for hydroxylation is 1. The number of allylic oxidation sites excluding steroid dienone is 3. The van der Waals surface area contributed by atoms with Gasteiger partial charge in [-0.25, -0.2) is 0 Å². The van der Waals surface area contributed by atoms with E-state index in [1.807, 2.05) is 23.1 Å². The highest BCUT2D eigenvalue weighted by atomic mass is 32.2. The molecule has 1 aliphatic carbocycles. The first-order chi connectivity index (χ1) is 20.7. The second kappa shape index (κ2) is 11.7. The van der Waals surface area contributed by atoms with E-state index in [0.717, 1.165) is 19.3 Å². The van der Waals surface area contributed by atoms with E-state index in [2.05, 4.69) is 156 Å². The zero-order chi connectivity index (χ0) is 28.5. The van der Waals surface area contributed by atoms with Gasteiger partial charge in [-0.2, -0.15) is 4.57 Å². The SMILES string of the molecule is CN1c2ccccc2SC1C/C=C1\CCC(/C=C/c2sc3ccccc3[n+]2C)=C1N(c1ccccc1)c1ccccc1. The van der Waals surface area contributed by atoms with E-state index in [9.17, 15) is 0 Å². The largest absolute Gasteiger partial charge is 0.361 e. The van der Waals surface area contributed by atoms with Crippen LogP contribution in [0.2, 0.25) is 0 Å². The molecule has 3 nitrogen and oxygen atoms in total. The van der Waals surface area contributed by atoms with Gasteiger partial charge in [0.15, 0.2) is 0 Å². The molecule has 0 amide bonds. The smallest absolute Gasteiger partial charge is 0.262 e. The number of thiazole rings is 1. The monoisotopic (exact) mass is 584 g/mol. The number of aromatic nitrogens is 1. The molecule has 2 aliphatic rings. The average molecular weight is 585 g/mol. The van der Waals surface area contributed by atoms with Crippen LogP contribution in [0.5, 0.6) is 0 Å². The number of thioether (sulfide) groups is 1. The third-order valence-corrected chi connectivity index (χ3v) is 10.8. The maximum absolute atomic E-state index is 2.51. The maximum atomic E-state index is 2.51. The first-order valence-corrected chi connectivity index (χ1v) is 16.2. The summed E-state index contributed by atoms with van der Waals surface area (Å²) in [5.74, 6) is 0. The Kier molecular flexibility index (Phi) is 7.45. The summed E-state index contributed by atoms with van der Waals surface area (Å²) in [7, 11) is 4.40. The Balaban J connectivity index is 1.31. The van der Waals surface area contributed by atoms with E-state index in [1.54, 1.807) is 0 Å². The van der Waals surface area contributed by atoms with Gasteiger partial charge in [-0.3, -0.25) is 0 Å². The van der Waals surface area contributed by atoms with Gasteiger partial charge in [-0.1, -0.05) is 89.8 Å². The van der Waals surface area contributed by atoms with E-state index in [4.69, 9.17) is 0 Å². The van der Waals surface area contributed by atoms with Crippen molar-refractivity contribution in [3.63, 3.8) is 0 Å². The summed E-state index contributed by atoms with van der Waals surface area (Å²) in [4.78, 5) is 6.27. The van der Waals surface area contributed by atoms with Crippen LogP contribution >= 0.6 is 23.1 Å². The quantitative estimate of drug-likeness (QED) is 0.177. The Morgan fingerprint density at radius 1 is 0.810 bits per heavy atom. The number of nitrogens with zero attached hydrogens (tertiary/aromatic N) is 3. The first-order valence-electron chi connectivity index (χ1n) is 14.5. The standard InChI is InChI=1S/C37H34N3S2/c1-38-31-17-9-11-19-33(31)41-35(38)25-23-27-21-22-28(24-26-36-39(2)32-18-10-12-20-34(32)42-36)37(27)40(29-13-5-3-6-14-29)30-15-7-4-8-16-30/h3-20,23-25,36H,21-22,26H2,1-2H3/q+1/b28-24+. The second-order valence-electron chi connectivity index (χ2n) is 10.8. The molecule has 5 aromatic rings. The summed E-state index contributed by atoms with van der Waals surface area (Å²) in [5, 5.41) is 1.66. The van der Waals surface area contributed by atoms with Crippen LogP contribution in [0.4, 0.5) is 17.1 Å². The molecule has 0 bridgehead atoms. The van der Waals surface area contributed by atoms with Gasteiger partial charge in [0.05, 0.1) is 16.8 Å². The summed E-state index contributed by atoms with van der Waals surface area (Å²) in [5.41, 5.74) is 9.10. The van der Waals surface area contributed by atoms with Crippen molar-refractivity contribution in [2.24, 2.45) is 7.05 Å². The zero-order valence-corrected chi connectivity index (χ0v) is 25.6. The van der Waals surface area contributed by atoms with Crippen LogP contribution in [0.1, 0.15) is 24.3 Å². The van der Waals surface area contributed by atoms with Crippen LogP contribution in [0.3, 0.4) is 0 Å². The van der Waals surface area contributed by atoms with Crippen molar-refractivity contribution in [2.45, 2.75) is 29.5 Å². The molecule has 1 aliphatic heterocycles. The minimum absolute atomic E-state index is 0.398. The minimum atomic E-state index is 0.398. The Labute approximate surface area is 256 Å². The van der Waals surface area contributed by atoms with Crippen molar-refractivity contribution in [1.82, 2.24) is 0 Å². The molecule has 0 spiro atoms. The number of para-hydroxylation sites is 4. The molecule has 0 saturated heterocycles. The Morgan fingerprint density at radius 3 is 2.19 bits per heavy atom. The molecule has 208 valence electrons. The molecular weight excluding hydrogens is 551 g/mol. The number of fused-ring (bicyclic) bond motifs is 2. The molecule has 0 saturated carbocycles. The predicted molar refractivity (Wildman–Crippen MR) is 181 cm³/mol. The van der Waals surface area contributed by atoms with Gasteiger partial charge in [0.2, 0.25) is 5.52 Å². The second-order valence-corrected chi connectivity index (χ2v) is 13.1. The van der Waals surface area contributed by atoms with Crippen LogP contribution in [0, 0.1) is 0 Å². The first kappa shape index (κ1) is 26.8. The predicted octanol–water partition coefficient (Wildman–Crippen LogP) is 9.51. The highest BCUT2D eigenvalue weighted by Gasteiger charge is 2.29. The number of hydrogen-bond acceptors (Lipinski definition) is 4. The molecule has 42 heavy (non-hydrogen) atoms. The third kappa shape index (κ3) is 5.08. The Morgan fingerprint density at radius 2 is 1.48 bits per heavy atom. The van der Waals surface area contributed by atoms with E-state index >= 15 is 0 Å². The lowest BCUT2D eigenvalue weighted by Crippen LogP contribution is -2.28. The van der Waals surface area contributed by atoms with Gasteiger partial charge in [-0.15, -0.1) is 0 Å². The lowest BCUT2D eigenvalue weighted by Gasteiger charge is -2.29. The number of rotatable bonds is 7. The summed E-state index contributed by atoms with van der Waals surface area (Å²) >= 11 is 3.83. The van der Waals surface area contributed by atoms with Crippen molar-refractivity contribution in [2.75, 3.05) is 16.8 Å². The van der Waals surface area contributed by atoms with Gasteiger partial charge in [0.1, 0.15) is 11.7 Å². The molecule has 0 radical (unpaired) electrons. The third-order valence-electron chi connectivity index (χ3n) is 8.23. The van der Waals surface area contributed by atoms with Crippen molar-refractivity contribution in [3.05, 3.63) is 143 Å². The zero-order valence-electron chi connectivity index (χ0n) is 24.0. The number of hydrogen-bond donors (Lipinski definition) is 0. The topological polar surface area (TPSA) is 10.4 Å². The Bertz CT molecular complexity index is 1780. The van der Waals surface area contributed by atoms with Gasteiger partial charge in [-0.05, 0) is 78.9 Å². The molecule has 4 aromatic carbocycles. The van der Waals surface area contributed by atoms with Crippen molar-refractivity contribution >= 4 is 56.5 Å². The van der Waals surface area contributed by atoms with Crippen molar-refractivity contribution in [1.29, 1.82) is 0 Å². The average Bonchev–Trinajstić information content (AvgIpc) is 3.69. The fourth-order valence-corrected chi connectivity index (χ4v) is 8.34. The van der Waals surface area contributed by atoms with Crippen LogP contribution < -0.4 is 14.4 Å². The van der Waals surface area contributed by atoms with Crippen LogP contribution in [-0.4, -0.2) is 12.4 Å². The highest BCUT2D eigenvalue weighted by Crippen LogP contribution is 2.46. The lowest BCUT2D eigenvalue weighted by molar-refractivity contribution is -0.642. The van der Waals surface area contributed by atoms with Crippen LogP contribution in [-0.2, 0) is 7.05 Å². The van der Waals surface area contributed by atoms with E-state index in [0.29, 0.717) is 5.37 Å². The fraction of sp³-hybridized carbons (Fsp3) is 0.162. The molecule has 5 heteroatoms. The molecule has 2 heterocycles. The van der Waals surface area contributed by atoms with Gasteiger partial charge >= 0.3 is 0 Å². The van der Waals surface area contributed by atoms with Crippen LogP contribution in [0.15, 0.2) is 143 Å². The lowest BCUT2D eigenvalue weighted by atomic mass is 10.1. The Hall–Kier alpha value is -4.06.